The maximum atomic E-state index is 9.55. The standard InChI is InChI=1S/C15H18N2O3.C4H4O4.HNO3/c18-7-3-1-2-5-16-15-12-9-14-13(19-10-20-14)8-11(12)4-6-17-15;5-3(6)1-2-4(7)8;2-1(3)4/h4,6,8-9,18H,1-3,5,7,10H2,(H,16,17);1-2H,(H,5,6)(H,7,8);(H,2,3,4). The summed E-state index contributed by atoms with van der Waals surface area (Å²) in [6, 6.07) is 5.92. The van der Waals surface area contributed by atoms with E-state index in [4.69, 9.17) is 40.1 Å². The van der Waals surface area contributed by atoms with E-state index < -0.39 is 17.0 Å². The van der Waals surface area contributed by atoms with Gasteiger partial charge in [-0.1, -0.05) is 0 Å². The minimum absolute atomic E-state index is 0.260. The number of ether oxygens (including phenoxy) is 2. The van der Waals surface area contributed by atoms with E-state index in [1.807, 2.05) is 18.2 Å². The van der Waals surface area contributed by atoms with Gasteiger partial charge in [0.05, 0.1) is 0 Å². The molecule has 0 saturated heterocycles. The molecule has 0 bridgehead atoms. The van der Waals surface area contributed by atoms with Crippen molar-refractivity contribution in [2.75, 3.05) is 25.3 Å². The minimum Gasteiger partial charge on any atom is -0.478 e. The summed E-state index contributed by atoms with van der Waals surface area (Å²) in [7, 11) is 0. The molecule has 2 heterocycles. The van der Waals surface area contributed by atoms with Crippen molar-refractivity contribution < 1.29 is 44.7 Å². The fraction of sp³-hybridized carbons (Fsp3) is 0.316. The van der Waals surface area contributed by atoms with E-state index in [9.17, 15) is 9.59 Å². The lowest BCUT2D eigenvalue weighted by molar-refractivity contribution is -0.742. The second-order valence-electron chi connectivity index (χ2n) is 6.04. The number of carboxylic acid groups (broad SMARTS) is 2. The van der Waals surface area contributed by atoms with Crippen LogP contribution in [0.15, 0.2) is 36.5 Å². The summed E-state index contributed by atoms with van der Waals surface area (Å²) in [6.07, 6.45) is 5.79. The molecule has 1 aromatic heterocycles. The highest BCUT2D eigenvalue weighted by molar-refractivity contribution is 5.94. The van der Waals surface area contributed by atoms with Gasteiger partial charge in [0.1, 0.15) is 5.82 Å². The van der Waals surface area contributed by atoms with Gasteiger partial charge in [0, 0.05) is 36.9 Å². The van der Waals surface area contributed by atoms with E-state index in [2.05, 4.69) is 10.3 Å². The van der Waals surface area contributed by atoms with Gasteiger partial charge in [-0.2, -0.15) is 0 Å². The summed E-state index contributed by atoms with van der Waals surface area (Å²) >= 11 is 0. The van der Waals surface area contributed by atoms with Gasteiger partial charge in [-0.25, -0.2) is 14.6 Å². The molecule has 174 valence electrons. The molecule has 0 radical (unpaired) electrons. The molecule has 13 nitrogen and oxygen atoms in total. The average Bonchev–Trinajstić information content (AvgIpc) is 3.18. The summed E-state index contributed by atoms with van der Waals surface area (Å²) in [4.78, 5) is 31.9. The van der Waals surface area contributed by atoms with Crippen molar-refractivity contribution in [1.82, 2.24) is 4.98 Å². The first-order chi connectivity index (χ1) is 15.2. The number of aromatic nitrogens is 1. The highest BCUT2D eigenvalue weighted by Crippen LogP contribution is 2.37. The Labute approximate surface area is 181 Å². The SMILES string of the molecule is O=C(O)C=CC(=O)O.O=[N+]([O-])O.OCCCCCNc1nccc2cc3c(cc12)OCO3. The van der Waals surface area contributed by atoms with Crippen molar-refractivity contribution in [2.45, 2.75) is 19.3 Å². The summed E-state index contributed by atoms with van der Waals surface area (Å²) in [5.41, 5.74) is 0. The smallest absolute Gasteiger partial charge is 0.328 e. The predicted molar refractivity (Wildman–Crippen MR) is 110 cm³/mol. The number of anilines is 1. The molecular weight excluding hydrogens is 430 g/mol. The van der Waals surface area contributed by atoms with Crippen LogP contribution >= 0.6 is 0 Å². The third-order valence-electron chi connectivity index (χ3n) is 3.75. The van der Waals surface area contributed by atoms with Gasteiger partial charge in [-0.3, -0.25) is 0 Å². The summed E-state index contributed by atoms with van der Waals surface area (Å²) < 4.78 is 10.8. The fourth-order valence-electron chi connectivity index (χ4n) is 2.47. The number of hydrogen-bond acceptors (Lipinski definition) is 9. The summed E-state index contributed by atoms with van der Waals surface area (Å²) in [5, 5.41) is 43.5. The normalized spacial score (nSPS) is 11.2. The fourth-order valence-corrected chi connectivity index (χ4v) is 2.47. The zero-order chi connectivity index (χ0) is 23.9. The third kappa shape index (κ3) is 10.1. The molecule has 0 saturated carbocycles. The second-order valence-corrected chi connectivity index (χ2v) is 6.04. The van der Waals surface area contributed by atoms with E-state index in [1.54, 1.807) is 6.20 Å². The second kappa shape index (κ2) is 14.0. The number of nitrogens with zero attached hydrogens (tertiary/aromatic N) is 2. The van der Waals surface area contributed by atoms with Gasteiger partial charge < -0.3 is 35.3 Å². The number of rotatable bonds is 8. The Morgan fingerprint density at radius 2 is 1.72 bits per heavy atom. The van der Waals surface area contributed by atoms with E-state index in [-0.39, 0.29) is 13.4 Å². The van der Waals surface area contributed by atoms with E-state index in [1.165, 1.54) is 0 Å². The number of benzene rings is 1. The molecule has 0 aliphatic carbocycles. The van der Waals surface area contributed by atoms with Crippen LogP contribution in [0.25, 0.3) is 10.8 Å². The van der Waals surface area contributed by atoms with E-state index in [0.29, 0.717) is 12.2 Å². The van der Waals surface area contributed by atoms with Crippen LogP contribution in [0.4, 0.5) is 5.82 Å². The number of fused-ring (bicyclic) bond motifs is 2. The lowest BCUT2D eigenvalue weighted by atomic mass is 10.1. The monoisotopic (exact) mass is 453 g/mol. The molecule has 0 unspecified atom stereocenters. The number of hydrogen-bond donors (Lipinski definition) is 5. The maximum absolute atomic E-state index is 9.55. The number of aliphatic carboxylic acids is 2. The lowest BCUT2D eigenvalue weighted by Crippen LogP contribution is -2.04. The molecule has 2 aromatic rings. The number of aliphatic hydroxyl groups is 1. The van der Waals surface area contributed by atoms with Crippen molar-refractivity contribution in [1.29, 1.82) is 0 Å². The van der Waals surface area contributed by atoms with Crippen LogP contribution in [0.2, 0.25) is 0 Å². The Morgan fingerprint density at radius 1 is 1.12 bits per heavy atom. The molecule has 0 spiro atoms. The van der Waals surface area contributed by atoms with Crippen LogP contribution in [0.3, 0.4) is 0 Å². The average molecular weight is 453 g/mol. The number of carboxylic acids is 2. The number of unbranched alkanes of at least 4 members (excludes halogenated alkanes) is 2. The molecule has 3 rings (SSSR count). The van der Waals surface area contributed by atoms with E-state index in [0.717, 1.165) is 53.9 Å². The van der Waals surface area contributed by atoms with Gasteiger partial charge >= 0.3 is 11.9 Å². The third-order valence-corrected chi connectivity index (χ3v) is 3.75. The molecule has 0 amide bonds. The quantitative estimate of drug-likeness (QED) is 0.168. The molecule has 32 heavy (non-hydrogen) atoms. The number of aliphatic hydroxyl groups excluding tert-OH is 1. The van der Waals surface area contributed by atoms with Crippen LogP contribution in [-0.2, 0) is 9.59 Å². The van der Waals surface area contributed by atoms with Crippen molar-refractivity contribution in [3.8, 4) is 11.5 Å². The van der Waals surface area contributed by atoms with Gasteiger partial charge in [0.15, 0.2) is 11.5 Å². The predicted octanol–water partition coefficient (Wildman–Crippen LogP) is 1.90. The van der Waals surface area contributed by atoms with Crippen LogP contribution in [0.1, 0.15) is 19.3 Å². The molecular formula is C19H23N3O10. The zero-order valence-corrected chi connectivity index (χ0v) is 16.8. The van der Waals surface area contributed by atoms with Gasteiger partial charge in [-0.15, -0.1) is 10.1 Å². The molecule has 0 atom stereocenters. The summed E-state index contributed by atoms with van der Waals surface area (Å²) in [6.45, 7) is 1.39. The van der Waals surface area contributed by atoms with Crippen LogP contribution in [0, 0.1) is 10.1 Å². The van der Waals surface area contributed by atoms with Crippen LogP contribution in [-0.4, -0.2) is 62.5 Å². The lowest BCUT2D eigenvalue weighted by Gasteiger charge is -2.09. The van der Waals surface area contributed by atoms with Gasteiger partial charge in [0.25, 0.3) is 5.09 Å². The number of carbonyl (C=O) groups is 2. The van der Waals surface area contributed by atoms with E-state index >= 15 is 0 Å². The Balaban J connectivity index is 0.000000357. The first-order valence-electron chi connectivity index (χ1n) is 9.25. The minimum atomic E-state index is -1.50. The first kappa shape index (κ1) is 25.9. The Morgan fingerprint density at radius 3 is 2.28 bits per heavy atom. The summed E-state index contributed by atoms with van der Waals surface area (Å²) in [5.74, 6) is -0.0870. The molecule has 1 aliphatic rings. The van der Waals surface area contributed by atoms with Crippen LogP contribution < -0.4 is 14.8 Å². The van der Waals surface area contributed by atoms with Crippen molar-refractivity contribution >= 4 is 28.5 Å². The molecule has 0 fully saturated rings. The molecule has 1 aromatic carbocycles. The topological polar surface area (TPSA) is 202 Å². The van der Waals surface area contributed by atoms with Crippen molar-refractivity contribution in [3.63, 3.8) is 0 Å². The van der Waals surface area contributed by atoms with Gasteiger partial charge in [0.2, 0.25) is 6.79 Å². The highest BCUT2D eigenvalue weighted by Gasteiger charge is 2.15. The largest absolute Gasteiger partial charge is 0.478 e. The molecule has 5 N–H and O–H groups in total. The van der Waals surface area contributed by atoms with Crippen molar-refractivity contribution in [3.05, 3.63) is 46.7 Å². The first-order valence-corrected chi connectivity index (χ1v) is 9.25. The zero-order valence-electron chi connectivity index (χ0n) is 16.8. The molecule has 13 heteroatoms. The Kier molecular flexibility index (Phi) is 11.3. The maximum Gasteiger partial charge on any atom is 0.328 e. The Bertz CT molecular complexity index is 928. The number of pyridine rings is 1. The van der Waals surface area contributed by atoms with Gasteiger partial charge in [-0.05, 0) is 42.8 Å². The number of nitrogens with one attached hydrogen (secondary N) is 1. The molecule has 1 aliphatic heterocycles. The highest BCUT2D eigenvalue weighted by atomic mass is 16.9. The van der Waals surface area contributed by atoms with Crippen molar-refractivity contribution in [2.24, 2.45) is 0 Å². The van der Waals surface area contributed by atoms with Crippen LogP contribution in [0.5, 0.6) is 11.5 Å². The Hall–Kier alpha value is -4.13.